The van der Waals surface area contributed by atoms with Crippen LogP contribution in [0.15, 0.2) is 24.7 Å². The smallest absolute Gasteiger partial charge is 0.128 e. The lowest BCUT2D eigenvalue weighted by molar-refractivity contribution is 0.613. The molecule has 0 radical (unpaired) electrons. The lowest BCUT2D eigenvalue weighted by Crippen LogP contribution is -2.01. The predicted octanol–water partition coefficient (Wildman–Crippen LogP) is 1.23. The van der Waals surface area contributed by atoms with Crippen molar-refractivity contribution in [3.8, 4) is 0 Å². The van der Waals surface area contributed by atoms with Gasteiger partial charge in [0.15, 0.2) is 0 Å². The van der Waals surface area contributed by atoms with Gasteiger partial charge in [0.2, 0.25) is 0 Å². The van der Waals surface area contributed by atoms with Crippen LogP contribution in [0.2, 0.25) is 0 Å². The minimum Gasteiger partial charge on any atom is -0.326 e. The van der Waals surface area contributed by atoms with E-state index < -0.39 is 0 Å². The highest BCUT2D eigenvalue weighted by atomic mass is 19.1. The predicted molar refractivity (Wildman–Crippen MR) is 47.4 cm³/mol. The van der Waals surface area contributed by atoms with Crippen LogP contribution in [-0.4, -0.2) is 9.97 Å². The first-order valence-corrected chi connectivity index (χ1v) is 3.90. The zero-order chi connectivity index (χ0) is 9.26. The molecule has 1 aromatic heterocycles. The summed E-state index contributed by atoms with van der Waals surface area (Å²) in [5.41, 5.74) is 6.61. The van der Waals surface area contributed by atoms with Gasteiger partial charge in [-0.2, -0.15) is 0 Å². The average molecular weight is 177 g/mol. The van der Waals surface area contributed by atoms with Gasteiger partial charge in [-0.25, -0.2) is 14.4 Å². The molecule has 0 bridgehead atoms. The fraction of sp³-hybridized carbons (Fsp3) is 0.111. The maximum atomic E-state index is 13.2. The number of nitrogens with zero attached hydrogens (tertiary/aromatic N) is 2. The van der Waals surface area contributed by atoms with Gasteiger partial charge < -0.3 is 5.73 Å². The summed E-state index contributed by atoms with van der Waals surface area (Å²) in [6, 6.07) is 2.99. The summed E-state index contributed by atoms with van der Waals surface area (Å²) in [6.07, 6.45) is 3.01. The van der Waals surface area contributed by atoms with E-state index in [0.29, 0.717) is 10.9 Å². The summed E-state index contributed by atoms with van der Waals surface area (Å²) < 4.78 is 13.2. The molecule has 0 aliphatic rings. The van der Waals surface area contributed by atoms with Gasteiger partial charge in [0, 0.05) is 23.7 Å². The number of benzene rings is 1. The molecule has 0 fully saturated rings. The highest BCUT2D eigenvalue weighted by molar-refractivity contribution is 5.81. The first-order valence-electron chi connectivity index (χ1n) is 3.90. The molecule has 66 valence electrons. The van der Waals surface area contributed by atoms with Crippen LogP contribution in [0.1, 0.15) is 5.56 Å². The molecule has 1 aromatic carbocycles. The molecule has 0 aliphatic carbocycles. The van der Waals surface area contributed by atoms with Crippen LogP contribution in [0.5, 0.6) is 0 Å². The Morgan fingerprint density at radius 3 is 3.00 bits per heavy atom. The summed E-state index contributed by atoms with van der Waals surface area (Å²) in [5.74, 6) is -0.301. The van der Waals surface area contributed by atoms with Crippen LogP contribution >= 0.6 is 0 Å². The summed E-state index contributed by atoms with van der Waals surface area (Å²) in [4.78, 5) is 7.83. The quantitative estimate of drug-likeness (QED) is 0.712. The van der Waals surface area contributed by atoms with Crippen LogP contribution in [0.4, 0.5) is 4.39 Å². The normalized spacial score (nSPS) is 10.6. The Morgan fingerprint density at radius 1 is 1.38 bits per heavy atom. The van der Waals surface area contributed by atoms with Crippen LogP contribution < -0.4 is 5.73 Å². The van der Waals surface area contributed by atoms with Gasteiger partial charge >= 0.3 is 0 Å². The Hall–Kier alpha value is -1.55. The second kappa shape index (κ2) is 3.06. The van der Waals surface area contributed by atoms with E-state index in [1.54, 1.807) is 12.3 Å². The molecule has 0 unspecified atom stereocenters. The average Bonchev–Trinajstić information content (AvgIpc) is 2.18. The highest BCUT2D eigenvalue weighted by Gasteiger charge is 2.05. The Kier molecular flexibility index (Phi) is 1.90. The van der Waals surface area contributed by atoms with E-state index in [2.05, 4.69) is 9.97 Å². The fourth-order valence-electron chi connectivity index (χ4n) is 1.29. The lowest BCUT2D eigenvalue weighted by atomic mass is 10.1. The molecule has 2 aromatic rings. The Bertz CT molecular complexity index is 442. The van der Waals surface area contributed by atoms with Gasteiger partial charge in [-0.15, -0.1) is 0 Å². The molecular formula is C9H8FN3. The topological polar surface area (TPSA) is 51.8 Å². The second-order valence-electron chi connectivity index (χ2n) is 2.69. The zero-order valence-electron chi connectivity index (χ0n) is 6.87. The molecule has 2 N–H and O–H groups in total. The van der Waals surface area contributed by atoms with Crippen LogP contribution in [-0.2, 0) is 6.54 Å². The Labute approximate surface area is 74.4 Å². The highest BCUT2D eigenvalue weighted by Crippen LogP contribution is 2.18. The molecule has 2 rings (SSSR count). The Morgan fingerprint density at radius 2 is 2.23 bits per heavy atom. The molecule has 0 atom stereocenters. The molecule has 1 heterocycles. The van der Waals surface area contributed by atoms with Gasteiger partial charge in [0.05, 0.1) is 5.52 Å². The molecule has 13 heavy (non-hydrogen) atoms. The van der Waals surface area contributed by atoms with E-state index in [1.807, 2.05) is 0 Å². The number of halogens is 1. The van der Waals surface area contributed by atoms with E-state index in [4.69, 9.17) is 5.73 Å². The Balaban J connectivity index is 2.84. The van der Waals surface area contributed by atoms with Crippen molar-refractivity contribution in [1.82, 2.24) is 9.97 Å². The summed E-state index contributed by atoms with van der Waals surface area (Å²) in [5, 5.41) is 0.685. The van der Waals surface area contributed by atoms with Crippen molar-refractivity contribution >= 4 is 10.9 Å². The molecule has 0 aliphatic heterocycles. The van der Waals surface area contributed by atoms with Gasteiger partial charge in [-0.05, 0) is 12.1 Å². The third-order valence-electron chi connectivity index (χ3n) is 1.95. The van der Waals surface area contributed by atoms with Gasteiger partial charge in [0.25, 0.3) is 0 Å². The molecule has 0 amide bonds. The SMILES string of the molecule is NCc1c(F)ccc2ncncc12. The van der Waals surface area contributed by atoms with Crippen LogP contribution in [0.3, 0.4) is 0 Å². The molecule has 4 heteroatoms. The molecular weight excluding hydrogens is 169 g/mol. The van der Waals surface area contributed by atoms with Crippen molar-refractivity contribution in [3.63, 3.8) is 0 Å². The number of hydrogen-bond acceptors (Lipinski definition) is 3. The maximum Gasteiger partial charge on any atom is 0.128 e. The van der Waals surface area contributed by atoms with Gasteiger partial charge in [0.1, 0.15) is 12.1 Å². The standard InChI is InChI=1S/C9H8FN3/c10-8-1-2-9-7(6(8)3-11)4-12-5-13-9/h1-2,4-5H,3,11H2. The second-order valence-corrected chi connectivity index (χ2v) is 2.69. The molecule has 0 spiro atoms. The third kappa shape index (κ3) is 1.25. The van der Waals surface area contributed by atoms with Crippen LogP contribution in [0.25, 0.3) is 10.9 Å². The number of nitrogens with two attached hydrogens (primary N) is 1. The summed E-state index contributed by atoms with van der Waals surface area (Å²) in [6.45, 7) is 0.163. The summed E-state index contributed by atoms with van der Waals surface area (Å²) in [7, 11) is 0. The van der Waals surface area contributed by atoms with Crippen molar-refractivity contribution in [2.45, 2.75) is 6.54 Å². The van der Waals surface area contributed by atoms with Crippen molar-refractivity contribution in [1.29, 1.82) is 0 Å². The van der Waals surface area contributed by atoms with E-state index in [1.165, 1.54) is 12.4 Å². The van der Waals surface area contributed by atoms with Crippen molar-refractivity contribution in [2.24, 2.45) is 5.73 Å². The number of rotatable bonds is 1. The largest absolute Gasteiger partial charge is 0.326 e. The lowest BCUT2D eigenvalue weighted by Gasteiger charge is -2.03. The van der Waals surface area contributed by atoms with E-state index >= 15 is 0 Å². The van der Waals surface area contributed by atoms with Gasteiger partial charge in [-0.3, -0.25) is 0 Å². The van der Waals surface area contributed by atoms with Gasteiger partial charge in [-0.1, -0.05) is 0 Å². The van der Waals surface area contributed by atoms with Crippen LogP contribution in [0, 0.1) is 5.82 Å². The number of aromatic nitrogens is 2. The van der Waals surface area contributed by atoms with E-state index in [-0.39, 0.29) is 12.4 Å². The fourth-order valence-corrected chi connectivity index (χ4v) is 1.29. The zero-order valence-corrected chi connectivity index (χ0v) is 6.87. The summed E-state index contributed by atoms with van der Waals surface area (Å²) >= 11 is 0. The molecule has 0 saturated carbocycles. The molecule has 3 nitrogen and oxygen atoms in total. The first-order chi connectivity index (χ1) is 6.33. The van der Waals surface area contributed by atoms with Crippen molar-refractivity contribution < 1.29 is 4.39 Å². The first kappa shape index (κ1) is 8.07. The minimum atomic E-state index is -0.301. The van der Waals surface area contributed by atoms with Crippen molar-refractivity contribution in [3.05, 3.63) is 36.0 Å². The molecule has 0 saturated heterocycles. The minimum absolute atomic E-state index is 0.163. The van der Waals surface area contributed by atoms with E-state index in [9.17, 15) is 4.39 Å². The van der Waals surface area contributed by atoms with E-state index in [0.717, 1.165) is 5.52 Å². The maximum absolute atomic E-state index is 13.2. The third-order valence-corrected chi connectivity index (χ3v) is 1.95. The number of fused-ring (bicyclic) bond motifs is 1. The number of hydrogen-bond donors (Lipinski definition) is 1. The monoisotopic (exact) mass is 177 g/mol. The van der Waals surface area contributed by atoms with Crippen molar-refractivity contribution in [2.75, 3.05) is 0 Å².